The van der Waals surface area contributed by atoms with Crippen molar-refractivity contribution >= 4 is 11.9 Å². The Balaban J connectivity index is 3.13. The van der Waals surface area contributed by atoms with Gasteiger partial charge in [-0.25, -0.2) is 14.0 Å². The Kier molecular flexibility index (Phi) is 4.59. The van der Waals surface area contributed by atoms with Crippen LogP contribution in [0.5, 0.6) is 0 Å². The molecule has 0 aliphatic heterocycles. The van der Waals surface area contributed by atoms with Crippen molar-refractivity contribution in [3.8, 4) is 0 Å². The summed E-state index contributed by atoms with van der Waals surface area (Å²) in [6, 6.07) is 5.94. The molecule has 18 heavy (non-hydrogen) atoms. The minimum Gasteiger partial charge on any atom is -0.466 e. The van der Waals surface area contributed by atoms with Gasteiger partial charge >= 0.3 is 11.9 Å². The summed E-state index contributed by atoms with van der Waals surface area (Å²) in [7, 11) is 2.33. The highest BCUT2D eigenvalue weighted by atomic mass is 19.1. The zero-order chi connectivity index (χ0) is 13.7. The number of hydrogen-bond acceptors (Lipinski definition) is 4. The molecular formula is C13H13FO4. The number of carbonyl (C=O) groups excluding carboxylic acids is 2. The van der Waals surface area contributed by atoms with E-state index in [1.54, 1.807) is 12.1 Å². The lowest BCUT2D eigenvalue weighted by molar-refractivity contribution is -0.136. The van der Waals surface area contributed by atoms with Crippen molar-refractivity contribution in [1.29, 1.82) is 0 Å². The molecule has 1 unspecified atom stereocenters. The number of ether oxygens (including phenoxy) is 2. The third kappa shape index (κ3) is 2.74. The molecule has 4 nitrogen and oxygen atoms in total. The summed E-state index contributed by atoms with van der Waals surface area (Å²) >= 11 is 0. The molecule has 0 N–H and O–H groups in total. The normalized spacial score (nSPS) is 11.5. The second-order valence-electron chi connectivity index (χ2n) is 3.46. The lowest BCUT2D eigenvalue weighted by Gasteiger charge is -2.13. The monoisotopic (exact) mass is 252 g/mol. The van der Waals surface area contributed by atoms with Gasteiger partial charge in [0.15, 0.2) is 6.17 Å². The number of hydrogen-bond donors (Lipinski definition) is 0. The van der Waals surface area contributed by atoms with Crippen molar-refractivity contribution < 1.29 is 23.5 Å². The van der Waals surface area contributed by atoms with Crippen LogP contribution >= 0.6 is 0 Å². The second-order valence-corrected chi connectivity index (χ2v) is 3.46. The molecule has 0 saturated heterocycles. The van der Waals surface area contributed by atoms with E-state index < -0.39 is 18.1 Å². The molecule has 0 aliphatic carbocycles. The van der Waals surface area contributed by atoms with Gasteiger partial charge in [-0.05, 0) is 6.07 Å². The van der Waals surface area contributed by atoms with Crippen molar-refractivity contribution in [2.45, 2.75) is 6.17 Å². The number of carbonyl (C=O) groups is 2. The molecule has 1 aromatic rings. The van der Waals surface area contributed by atoms with Crippen molar-refractivity contribution in [2.75, 3.05) is 14.2 Å². The van der Waals surface area contributed by atoms with Crippen LogP contribution in [0, 0.1) is 0 Å². The first-order valence-corrected chi connectivity index (χ1v) is 5.11. The van der Waals surface area contributed by atoms with E-state index in [4.69, 9.17) is 0 Å². The lowest BCUT2D eigenvalue weighted by atomic mass is 9.99. The molecule has 0 aromatic heterocycles. The minimum absolute atomic E-state index is 0.0275. The first-order valence-electron chi connectivity index (χ1n) is 5.11. The van der Waals surface area contributed by atoms with Gasteiger partial charge in [-0.2, -0.15) is 0 Å². The number of rotatable bonds is 4. The molecule has 1 atom stereocenters. The van der Waals surface area contributed by atoms with Crippen LogP contribution in [0.2, 0.25) is 0 Å². The van der Waals surface area contributed by atoms with Crippen molar-refractivity contribution in [3.05, 3.63) is 47.5 Å². The van der Waals surface area contributed by atoms with Gasteiger partial charge in [0.05, 0.1) is 25.4 Å². The van der Waals surface area contributed by atoms with Crippen molar-refractivity contribution in [3.63, 3.8) is 0 Å². The predicted octanol–water partition coefficient (Wildman–Crippen LogP) is 2.21. The molecule has 96 valence electrons. The highest BCUT2D eigenvalue weighted by molar-refractivity contribution is 5.93. The molecule has 0 bridgehead atoms. The zero-order valence-electron chi connectivity index (χ0n) is 10.1. The fourth-order valence-electron chi connectivity index (χ4n) is 1.44. The zero-order valence-corrected chi connectivity index (χ0v) is 10.1. The summed E-state index contributed by atoms with van der Waals surface area (Å²) < 4.78 is 23.0. The Morgan fingerprint density at radius 3 is 2.39 bits per heavy atom. The van der Waals surface area contributed by atoms with E-state index in [0.29, 0.717) is 0 Å². The van der Waals surface area contributed by atoms with Crippen LogP contribution < -0.4 is 0 Å². The van der Waals surface area contributed by atoms with Gasteiger partial charge in [-0.3, -0.25) is 0 Å². The number of halogens is 1. The van der Waals surface area contributed by atoms with Crippen LogP contribution in [0.15, 0.2) is 36.4 Å². The van der Waals surface area contributed by atoms with Gasteiger partial charge in [-0.15, -0.1) is 0 Å². The standard InChI is InChI=1S/C13H13FO4/c1-8(12(15)17-2)11(14)9-6-4-5-7-10(9)13(16)18-3/h4-7,11H,1H2,2-3H3. The lowest BCUT2D eigenvalue weighted by Crippen LogP contribution is -2.13. The number of methoxy groups -OCH3 is 2. The quantitative estimate of drug-likeness (QED) is 0.609. The molecule has 0 saturated carbocycles. The fraction of sp³-hybridized carbons (Fsp3) is 0.231. The highest BCUT2D eigenvalue weighted by Gasteiger charge is 2.25. The summed E-state index contributed by atoms with van der Waals surface area (Å²) in [4.78, 5) is 22.7. The summed E-state index contributed by atoms with van der Waals surface area (Å²) in [5.74, 6) is -1.53. The van der Waals surface area contributed by atoms with Crippen LogP contribution in [-0.4, -0.2) is 26.2 Å². The van der Waals surface area contributed by atoms with E-state index >= 15 is 0 Å². The van der Waals surface area contributed by atoms with Gasteiger partial charge in [0.2, 0.25) is 0 Å². The maximum Gasteiger partial charge on any atom is 0.338 e. The van der Waals surface area contributed by atoms with Crippen LogP contribution in [0.4, 0.5) is 4.39 Å². The minimum atomic E-state index is -1.81. The Bertz CT molecular complexity index is 482. The number of esters is 2. The Labute approximate surface area is 104 Å². The molecular weight excluding hydrogens is 239 g/mol. The molecule has 5 heteroatoms. The third-order valence-corrected chi connectivity index (χ3v) is 2.39. The molecule has 0 aliphatic rings. The van der Waals surface area contributed by atoms with Gasteiger partial charge < -0.3 is 9.47 Å². The summed E-state index contributed by atoms with van der Waals surface area (Å²) in [6.45, 7) is 3.33. The topological polar surface area (TPSA) is 52.6 Å². The molecule has 1 rings (SSSR count). The highest BCUT2D eigenvalue weighted by Crippen LogP contribution is 2.28. The van der Waals surface area contributed by atoms with Crippen LogP contribution in [0.1, 0.15) is 22.1 Å². The summed E-state index contributed by atoms with van der Waals surface area (Å²) in [5.41, 5.74) is -0.286. The maximum atomic E-state index is 14.1. The maximum absolute atomic E-state index is 14.1. The van der Waals surface area contributed by atoms with Crippen molar-refractivity contribution in [2.24, 2.45) is 0 Å². The molecule has 0 amide bonds. The van der Waals surface area contributed by atoms with E-state index in [9.17, 15) is 14.0 Å². The second kappa shape index (κ2) is 5.95. The first kappa shape index (κ1) is 13.9. The summed E-state index contributed by atoms with van der Waals surface area (Å²) in [5, 5.41) is 0. The Morgan fingerprint density at radius 2 is 1.83 bits per heavy atom. The van der Waals surface area contributed by atoms with Gasteiger partial charge in [0, 0.05) is 5.56 Å². The average molecular weight is 252 g/mol. The van der Waals surface area contributed by atoms with Gasteiger partial charge in [-0.1, -0.05) is 24.8 Å². The molecule has 1 aromatic carbocycles. The largest absolute Gasteiger partial charge is 0.466 e. The Morgan fingerprint density at radius 1 is 1.22 bits per heavy atom. The van der Waals surface area contributed by atoms with E-state index in [0.717, 1.165) is 7.11 Å². The first-order chi connectivity index (χ1) is 8.52. The SMILES string of the molecule is C=C(C(=O)OC)C(F)c1ccccc1C(=O)OC. The molecule has 0 spiro atoms. The van der Waals surface area contributed by atoms with E-state index in [-0.39, 0.29) is 16.7 Å². The number of alkyl halides is 1. The Hall–Kier alpha value is -2.17. The van der Waals surface area contributed by atoms with Crippen LogP contribution in [-0.2, 0) is 14.3 Å². The van der Waals surface area contributed by atoms with E-state index in [2.05, 4.69) is 16.1 Å². The summed E-state index contributed by atoms with van der Waals surface area (Å²) in [6.07, 6.45) is -1.81. The van der Waals surface area contributed by atoms with Crippen molar-refractivity contribution in [1.82, 2.24) is 0 Å². The predicted molar refractivity (Wildman–Crippen MR) is 62.8 cm³/mol. The third-order valence-electron chi connectivity index (χ3n) is 2.39. The van der Waals surface area contributed by atoms with Crippen LogP contribution in [0.25, 0.3) is 0 Å². The van der Waals surface area contributed by atoms with Crippen LogP contribution in [0.3, 0.4) is 0 Å². The van der Waals surface area contributed by atoms with Gasteiger partial charge in [0.25, 0.3) is 0 Å². The van der Waals surface area contributed by atoms with E-state index in [1.807, 2.05) is 0 Å². The average Bonchev–Trinajstić information content (AvgIpc) is 2.43. The fourth-order valence-corrected chi connectivity index (χ4v) is 1.44. The number of benzene rings is 1. The smallest absolute Gasteiger partial charge is 0.338 e. The van der Waals surface area contributed by atoms with Gasteiger partial charge in [0.1, 0.15) is 0 Å². The molecule has 0 fully saturated rings. The van der Waals surface area contributed by atoms with E-state index in [1.165, 1.54) is 19.2 Å². The molecule has 0 radical (unpaired) electrons. The molecule has 0 heterocycles.